The van der Waals surface area contributed by atoms with Crippen LogP contribution in [0.25, 0.3) is 11.4 Å². The van der Waals surface area contributed by atoms with Crippen LogP contribution in [-0.2, 0) is 0 Å². The van der Waals surface area contributed by atoms with Crippen LogP contribution < -0.4 is 0 Å². The lowest BCUT2D eigenvalue weighted by Gasteiger charge is -2.07. The fourth-order valence-electron chi connectivity index (χ4n) is 1.98. The van der Waals surface area contributed by atoms with Crippen LogP contribution in [0.1, 0.15) is 23.3 Å². The van der Waals surface area contributed by atoms with Gasteiger partial charge in [0.25, 0.3) is 0 Å². The van der Waals surface area contributed by atoms with E-state index in [1.165, 1.54) is 11.1 Å². The van der Waals surface area contributed by atoms with Gasteiger partial charge in [-0.3, -0.25) is 10.1 Å². The Bertz CT molecular complexity index is 707. The maximum Gasteiger partial charge on any atom is 0.209 e. The molecule has 0 fully saturated rings. The lowest BCUT2D eigenvalue weighted by molar-refractivity contribution is 0.958. The summed E-state index contributed by atoms with van der Waals surface area (Å²) in [4.78, 5) is 8.70. The molecule has 2 heterocycles. The van der Waals surface area contributed by atoms with Gasteiger partial charge in [0.1, 0.15) is 0 Å². The van der Waals surface area contributed by atoms with Gasteiger partial charge in [0, 0.05) is 23.2 Å². The van der Waals surface area contributed by atoms with E-state index in [0.29, 0.717) is 0 Å². The molecule has 0 radical (unpaired) electrons. The van der Waals surface area contributed by atoms with Crippen LogP contribution in [0.5, 0.6) is 0 Å². The summed E-state index contributed by atoms with van der Waals surface area (Å²) < 4.78 is 0. The number of nitrogens with one attached hydrogen (secondary N) is 1. The summed E-state index contributed by atoms with van der Waals surface area (Å²) in [5.41, 5.74) is 3.45. The molecule has 0 aliphatic carbocycles. The minimum absolute atomic E-state index is 0.264. The highest BCUT2D eigenvalue weighted by Crippen LogP contribution is 2.32. The van der Waals surface area contributed by atoms with E-state index in [0.717, 1.165) is 16.5 Å². The monoisotopic (exact) mass is 296 g/mol. The van der Waals surface area contributed by atoms with Crippen LogP contribution in [0, 0.1) is 6.92 Å². The van der Waals surface area contributed by atoms with Crippen molar-refractivity contribution in [1.82, 2.24) is 20.2 Å². The molecule has 3 aromatic rings. The molecule has 1 N–H and O–H groups in total. The first-order valence-electron chi connectivity index (χ1n) is 6.78. The second-order valence-electron chi connectivity index (χ2n) is 4.88. The first kappa shape index (κ1) is 13.8. The molecule has 1 atom stereocenters. The van der Waals surface area contributed by atoms with Gasteiger partial charge in [-0.2, -0.15) is 0 Å². The van der Waals surface area contributed by atoms with E-state index in [-0.39, 0.29) is 5.25 Å². The van der Waals surface area contributed by atoms with Crippen molar-refractivity contribution in [3.05, 3.63) is 59.9 Å². The second-order valence-corrected chi connectivity index (χ2v) is 6.19. The number of aromatic amines is 1. The lowest BCUT2D eigenvalue weighted by atomic mass is 10.1. The molecule has 106 valence electrons. The molecule has 5 heteroatoms. The number of H-pyrrole nitrogens is 1. The largest absolute Gasteiger partial charge is 0.264 e. The Labute approximate surface area is 128 Å². The Morgan fingerprint density at radius 2 is 1.95 bits per heavy atom. The number of aryl methyl sites for hydroxylation is 1. The van der Waals surface area contributed by atoms with E-state index in [1.807, 2.05) is 12.3 Å². The van der Waals surface area contributed by atoms with Crippen LogP contribution in [-0.4, -0.2) is 20.2 Å². The molecule has 0 aliphatic heterocycles. The van der Waals surface area contributed by atoms with Gasteiger partial charge >= 0.3 is 0 Å². The highest BCUT2D eigenvalue weighted by atomic mass is 32.2. The zero-order valence-corrected chi connectivity index (χ0v) is 12.8. The van der Waals surface area contributed by atoms with Gasteiger partial charge in [-0.1, -0.05) is 47.7 Å². The number of pyridine rings is 1. The zero-order valence-electron chi connectivity index (χ0n) is 11.9. The van der Waals surface area contributed by atoms with E-state index >= 15 is 0 Å². The van der Waals surface area contributed by atoms with Gasteiger partial charge in [-0.15, -0.1) is 5.10 Å². The van der Waals surface area contributed by atoms with Crippen molar-refractivity contribution < 1.29 is 0 Å². The zero-order chi connectivity index (χ0) is 14.7. The third-order valence-electron chi connectivity index (χ3n) is 3.23. The molecule has 2 aromatic heterocycles. The molecule has 3 rings (SSSR count). The van der Waals surface area contributed by atoms with Gasteiger partial charge in [0.15, 0.2) is 5.82 Å². The van der Waals surface area contributed by atoms with E-state index < -0.39 is 0 Å². The Morgan fingerprint density at radius 1 is 1.14 bits per heavy atom. The van der Waals surface area contributed by atoms with Crippen LogP contribution >= 0.6 is 11.8 Å². The Balaban J connectivity index is 1.75. The van der Waals surface area contributed by atoms with Gasteiger partial charge in [-0.05, 0) is 25.5 Å². The number of benzene rings is 1. The highest BCUT2D eigenvalue weighted by molar-refractivity contribution is 7.99. The Kier molecular flexibility index (Phi) is 4.01. The van der Waals surface area contributed by atoms with Crippen molar-refractivity contribution in [2.45, 2.75) is 24.3 Å². The van der Waals surface area contributed by atoms with E-state index in [4.69, 9.17) is 0 Å². The maximum atomic E-state index is 4.55. The summed E-state index contributed by atoms with van der Waals surface area (Å²) in [7, 11) is 0. The molecule has 0 saturated heterocycles. The average Bonchev–Trinajstić information content (AvgIpc) is 2.97. The number of thioether (sulfide) groups is 1. The van der Waals surface area contributed by atoms with Crippen molar-refractivity contribution in [3.8, 4) is 11.4 Å². The maximum absolute atomic E-state index is 4.55. The number of hydrogen-bond donors (Lipinski definition) is 1. The van der Waals surface area contributed by atoms with Crippen LogP contribution in [0.2, 0.25) is 0 Å². The van der Waals surface area contributed by atoms with E-state index in [2.05, 4.69) is 64.3 Å². The molecular formula is C16H16N4S. The molecule has 1 unspecified atom stereocenters. The summed E-state index contributed by atoms with van der Waals surface area (Å²) >= 11 is 1.62. The number of nitrogens with zero attached hydrogens (tertiary/aromatic N) is 3. The van der Waals surface area contributed by atoms with Crippen molar-refractivity contribution in [2.24, 2.45) is 0 Å². The number of rotatable bonds is 4. The lowest BCUT2D eigenvalue weighted by Crippen LogP contribution is -1.89. The SMILES string of the molecule is Cc1ccc(-c2nc(SC(C)c3cccnc3)n[nH]2)cc1. The molecule has 0 spiro atoms. The summed E-state index contributed by atoms with van der Waals surface area (Å²) in [5.74, 6) is 0.802. The van der Waals surface area contributed by atoms with Gasteiger partial charge < -0.3 is 0 Å². The molecule has 1 aromatic carbocycles. The Morgan fingerprint density at radius 3 is 2.67 bits per heavy atom. The van der Waals surface area contributed by atoms with E-state index in [1.54, 1.807) is 18.0 Å². The summed E-state index contributed by atoms with van der Waals surface area (Å²) in [5, 5.41) is 8.30. The topological polar surface area (TPSA) is 54.5 Å². The van der Waals surface area contributed by atoms with Gasteiger partial charge in [0.2, 0.25) is 5.16 Å². The summed E-state index contributed by atoms with van der Waals surface area (Å²) in [6.07, 6.45) is 3.66. The first-order chi connectivity index (χ1) is 10.2. The number of hydrogen-bond acceptors (Lipinski definition) is 4. The smallest absolute Gasteiger partial charge is 0.209 e. The molecule has 0 saturated carbocycles. The molecule has 21 heavy (non-hydrogen) atoms. The fourth-order valence-corrected chi connectivity index (χ4v) is 2.82. The van der Waals surface area contributed by atoms with Crippen LogP contribution in [0.15, 0.2) is 53.9 Å². The standard InChI is InChI=1S/C16H16N4S/c1-11-5-7-13(8-6-11)15-18-16(20-19-15)21-12(2)14-4-3-9-17-10-14/h3-10,12H,1-2H3,(H,18,19,20). The van der Waals surface area contributed by atoms with E-state index in [9.17, 15) is 0 Å². The summed E-state index contributed by atoms with van der Waals surface area (Å²) in [6, 6.07) is 12.3. The van der Waals surface area contributed by atoms with Crippen molar-refractivity contribution in [1.29, 1.82) is 0 Å². The molecular weight excluding hydrogens is 280 g/mol. The van der Waals surface area contributed by atoms with Crippen LogP contribution in [0.4, 0.5) is 0 Å². The molecule has 0 bridgehead atoms. The fraction of sp³-hybridized carbons (Fsp3) is 0.188. The van der Waals surface area contributed by atoms with Gasteiger partial charge in [-0.25, -0.2) is 4.98 Å². The molecule has 0 amide bonds. The van der Waals surface area contributed by atoms with Gasteiger partial charge in [0.05, 0.1) is 0 Å². The number of aromatic nitrogens is 4. The summed E-state index contributed by atoms with van der Waals surface area (Å²) in [6.45, 7) is 4.20. The van der Waals surface area contributed by atoms with Crippen molar-refractivity contribution in [2.75, 3.05) is 0 Å². The van der Waals surface area contributed by atoms with Crippen molar-refractivity contribution >= 4 is 11.8 Å². The predicted octanol–water partition coefficient (Wildman–Crippen LogP) is 4.03. The third kappa shape index (κ3) is 3.31. The first-order valence-corrected chi connectivity index (χ1v) is 7.66. The highest BCUT2D eigenvalue weighted by Gasteiger charge is 2.12. The average molecular weight is 296 g/mol. The minimum atomic E-state index is 0.264. The second kappa shape index (κ2) is 6.10. The third-order valence-corrected chi connectivity index (χ3v) is 4.25. The molecule has 0 aliphatic rings. The Hall–Kier alpha value is -2.14. The van der Waals surface area contributed by atoms with Crippen LogP contribution in [0.3, 0.4) is 0 Å². The minimum Gasteiger partial charge on any atom is -0.264 e. The quantitative estimate of drug-likeness (QED) is 0.739. The van der Waals surface area contributed by atoms with Crippen molar-refractivity contribution in [3.63, 3.8) is 0 Å². The predicted molar refractivity (Wildman–Crippen MR) is 85.1 cm³/mol. The molecule has 4 nitrogen and oxygen atoms in total. The normalized spacial score (nSPS) is 12.3.